The summed E-state index contributed by atoms with van der Waals surface area (Å²) >= 11 is 12.2. The highest BCUT2D eigenvalue weighted by Crippen LogP contribution is 2.38. The van der Waals surface area contributed by atoms with Gasteiger partial charge < -0.3 is 5.73 Å². The molecule has 1 aliphatic rings. The van der Waals surface area contributed by atoms with Crippen molar-refractivity contribution in [3.05, 3.63) is 46.1 Å². The summed E-state index contributed by atoms with van der Waals surface area (Å²) in [5, 5.41) is 5.24. The van der Waals surface area contributed by atoms with Gasteiger partial charge in [-0.2, -0.15) is 5.10 Å². The number of rotatable bonds is 5. The van der Waals surface area contributed by atoms with Crippen molar-refractivity contribution in [2.75, 3.05) is 0 Å². The standard InChI is InChI=1S/C17H18Cl2N4O/c1-2-3-4-13-15(17(20)24)16(23-14(22-13)7-8-21-23)10-5-6-11(18)12(19)9-10/h5-9,15-16H,2-4H2,1H3,(H2,20,24). The fraction of sp³-hybridized carbons (Fsp3) is 0.353. The van der Waals surface area contributed by atoms with Crippen LogP contribution >= 0.6 is 23.2 Å². The van der Waals surface area contributed by atoms with Gasteiger partial charge in [0.1, 0.15) is 5.92 Å². The highest BCUT2D eigenvalue weighted by Gasteiger charge is 2.38. The minimum Gasteiger partial charge on any atom is -0.369 e. The van der Waals surface area contributed by atoms with Crippen molar-refractivity contribution in [3.8, 4) is 0 Å². The number of carbonyl (C=O) groups is 1. The summed E-state index contributed by atoms with van der Waals surface area (Å²) in [6.45, 7) is 2.10. The first-order chi connectivity index (χ1) is 11.5. The van der Waals surface area contributed by atoms with Crippen LogP contribution in [-0.2, 0) is 4.79 Å². The number of carbonyl (C=O) groups excluding carboxylic acids is 1. The molecule has 0 bridgehead atoms. The van der Waals surface area contributed by atoms with E-state index in [1.165, 1.54) is 0 Å². The Balaban J connectivity index is 2.12. The van der Waals surface area contributed by atoms with Crippen LogP contribution in [-0.4, -0.2) is 21.4 Å². The fourth-order valence-electron chi connectivity index (χ4n) is 3.07. The molecule has 1 aliphatic heterocycles. The molecule has 0 radical (unpaired) electrons. The maximum absolute atomic E-state index is 12.2. The number of nitrogens with zero attached hydrogens (tertiary/aromatic N) is 3. The van der Waals surface area contributed by atoms with Gasteiger partial charge in [0, 0.05) is 11.8 Å². The van der Waals surface area contributed by atoms with E-state index in [2.05, 4.69) is 17.0 Å². The second-order valence-corrected chi connectivity index (χ2v) is 6.65. The van der Waals surface area contributed by atoms with Crippen LogP contribution in [0.4, 0.5) is 5.82 Å². The van der Waals surface area contributed by atoms with Crippen LogP contribution in [0.25, 0.3) is 0 Å². The molecule has 2 N–H and O–H groups in total. The van der Waals surface area contributed by atoms with Crippen LogP contribution in [0.5, 0.6) is 0 Å². The summed E-state index contributed by atoms with van der Waals surface area (Å²) < 4.78 is 1.73. The molecule has 0 fully saturated rings. The van der Waals surface area contributed by atoms with Crippen LogP contribution in [0.15, 0.2) is 35.5 Å². The second-order valence-electron chi connectivity index (χ2n) is 5.84. The van der Waals surface area contributed by atoms with Gasteiger partial charge in [-0.1, -0.05) is 42.6 Å². The lowest BCUT2D eigenvalue weighted by Crippen LogP contribution is -2.40. The summed E-state index contributed by atoms with van der Waals surface area (Å²) in [4.78, 5) is 16.9. The molecular weight excluding hydrogens is 347 g/mol. The molecule has 2 heterocycles. The van der Waals surface area contributed by atoms with Crippen molar-refractivity contribution in [2.24, 2.45) is 16.6 Å². The fourth-order valence-corrected chi connectivity index (χ4v) is 3.38. The van der Waals surface area contributed by atoms with E-state index in [0.717, 1.165) is 36.4 Å². The Labute approximate surface area is 150 Å². The third-order valence-electron chi connectivity index (χ3n) is 4.22. The Hall–Kier alpha value is -1.85. The molecule has 1 amide bonds. The van der Waals surface area contributed by atoms with E-state index in [-0.39, 0.29) is 6.04 Å². The van der Waals surface area contributed by atoms with Crippen LogP contribution in [0.1, 0.15) is 37.8 Å². The Morgan fingerprint density at radius 2 is 2.08 bits per heavy atom. The van der Waals surface area contributed by atoms with Gasteiger partial charge in [0.25, 0.3) is 0 Å². The average Bonchev–Trinajstić information content (AvgIpc) is 3.02. The Kier molecular flexibility index (Phi) is 4.92. The second kappa shape index (κ2) is 6.95. The highest BCUT2D eigenvalue weighted by molar-refractivity contribution is 6.42. The molecule has 0 saturated heterocycles. The van der Waals surface area contributed by atoms with E-state index in [1.54, 1.807) is 23.0 Å². The predicted octanol–water partition coefficient (Wildman–Crippen LogP) is 4.16. The molecule has 7 heteroatoms. The third-order valence-corrected chi connectivity index (χ3v) is 4.96. The maximum atomic E-state index is 12.2. The quantitative estimate of drug-likeness (QED) is 0.864. The number of aromatic nitrogens is 2. The minimum absolute atomic E-state index is 0.369. The van der Waals surface area contributed by atoms with Gasteiger partial charge in [-0.3, -0.25) is 4.79 Å². The van der Waals surface area contributed by atoms with Gasteiger partial charge in [-0.25, -0.2) is 9.67 Å². The van der Waals surface area contributed by atoms with E-state index in [1.807, 2.05) is 12.1 Å². The molecule has 1 aromatic heterocycles. The summed E-state index contributed by atoms with van der Waals surface area (Å²) in [6, 6.07) is 6.79. The molecule has 5 nitrogen and oxygen atoms in total. The predicted molar refractivity (Wildman–Crippen MR) is 96.1 cm³/mol. The molecule has 0 aliphatic carbocycles. The topological polar surface area (TPSA) is 73.3 Å². The smallest absolute Gasteiger partial charge is 0.228 e. The van der Waals surface area contributed by atoms with Crippen LogP contribution < -0.4 is 5.73 Å². The lowest BCUT2D eigenvalue weighted by atomic mass is 9.85. The van der Waals surface area contributed by atoms with Gasteiger partial charge in [0.2, 0.25) is 5.91 Å². The first-order valence-corrected chi connectivity index (χ1v) is 8.63. The number of hydrogen-bond acceptors (Lipinski definition) is 3. The number of primary amides is 1. The molecule has 0 spiro atoms. The molecule has 2 atom stereocenters. The zero-order chi connectivity index (χ0) is 17.3. The summed E-state index contributed by atoms with van der Waals surface area (Å²) in [6.07, 6.45) is 4.36. The Morgan fingerprint density at radius 1 is 1.29 bits per heavy atom. The molecule has 0 saturated carbocycles. The van der Waals surface area contributed by atoms with Crippen molar-refractivity contribution in [3.63, 3.8) is 0 Å². The lowest BCUT2D eigenvalue weighted by Gasteiger charge is -2.31. The minimum atomic E-state index is -0.554. The number of amides is 1. The number of fused-ring (bicyclic) bond motifs is 1. The molecule has 2 aromatic rings. The van der Waals surface area contributed by atoms with Gasteiger partial charge in [-0.05, 0) is 30.5 Å². The number of unbranched alkanes of at least 4 members (excludes halogenated alkanes) is 1. The van der Waals surface area contributed by atoms with Gasteiger partial charge in [-0.15, -0.1) is 0 Å². The largest absolute Gasteiger partial charge is 0.369 e. The highest BCUT2D eigenvalue weighted by atomic mass is 35.5. The number of aliphatic imine (C=N–C) groups is 1. The Bertz CT molecular complexity index is 800. The first-order valence-electron chi connectivity index (χ1n) is 7.88. The molecule has 1 aromatic carbocycles. The number of halogens is 2. The zero-order valence-corrected chi connectivity index (χ0v) is 14.8. The molecule has 3 rings (SSSR count). The van der Waals surface area contributed by atoms with Crippen molar-refractivity contribution in [2.45, 2.75) is 32.2 Å². The van der Waals surface area contributed by atoms with Crippen molar-refractivity contribution >= 4 is 40.6 Å². The summed E-state index contributed by atoms with van der Waals surface area (Å²) in [5.41, 5.74) is 7.37. The number of benzene rings is 1. The van der Waals surface area contributed by atoms with E-state index < -0.39 is 11.8 Å². The average molecular weight is 365 g/mol. The first kappa shape index (κ1) is 17.0. The van der Waals surface area contributed by atoms with Crippen LogP contribution in [0.3, 0.4) is 0 Å². The van der Waals surface area contributed by atoms with Crippen LogP contribution in [0.2, 0.25) is 10.0 Å². The van der Waals surface area contributed by atoms with Gasteiger partial charge in [0.15, 0.2) is 5.82 Å². The SMILES string of the molecule is CCCCC1=Nc2ccnn2C(c2ccc(Cl)c(Cl)c2)C1C(N)=O. The van der Waals surface area contributed by atoms with E-state index >= 15 is 0 Å². The van der Waals surface area contributed by atoms with E-state index in [4.69, 9.17) is 28.9 Å². The van der Waals surface area contributed by atoms with Gasteiger partial charge in [0.05, 0.1) is 22.3 Å². The lowest BCUT2D eigenvalue weighted by molar-refractivity contribution is -0.120. The van der Waals surface area contributed by atoms with E-state index in [0.29, 0.717) is 10.0 Å². The summed E-state index contributed by atoms with van der Waals surface area (Å²) in [7, 11) is 0. The summed E-state index contributed by atoms with van der Waals surface area (Å²) in [5.74, 6) is -0.252. The third kappa shape index (κ3) is 3.06. The normalized spacial score (nSPS) is 19.7. The number of hydrogen-bond donors (Lipinski definition) is 1. The van der Waals surface area contributed by atoms with E-state index in [9.17, 15) is 4.79 Å². The Morgan fingerprint density at radius 3 is 2.75 bits per heavy atom. The van der Waals surface area contributed by atoms with Crippen LogP contribution in [0, 0.1) is 5.92 Å². The molecule has 126 valence electrons. The number of nitrogens with two attached hydrogens (primary N) is 1. The molecule has 24 heavy (non-hydrogen) atoms. The molecular formula is C17H18Cl2N4O. The monoisotopic (exact) mass is 364 g/mol. The zero-order valence-electron chi connectivity index (χ0n) is 13.2. The van der Waals surface area contributed by atoms with Crippen molar-refractivity contribution in [1.29, 1.82) is 0 Å². The van der Waals surface area contributed by atoms with Gasteiger partial charge >= 0.3 is 0 Å². The van der Waals surface area contributed by atoms with Crippen molar-refractivity contribution in [1.82, 2.24) is 9.78 Å². The van der Waals surface area contributed by atoms with Crippen molar-refractivity contribution < 1.29 is 4.79 Å². The molecule has 2 unspecified atom stereocenters. The maximum Gasteiger partial charge on any atom is 0.228 e.